The van der Waals surface area contributed by atoms with Crippen molar-refractivity contribution in [2.24, 2.45) is 0 Å². The lowest BCUT2D eigenvalue weighted by Gasteiger charge is -2.26. The number of anilines is 1. The zero-order valence-corrected chi connectivity index (χ0v) is 20.7. The Morgan fingerprint density at radius 2 is 1.69 bits per heavy atom. The Kier molecular flexibility index (Phi) is 9.51. The number of carbonyl (C=O) groups excluding carboxylic acids is 1. The van der Waals surface area contributed by atoms with Gasteiger partial charge in [0.1, 0.15) is 6.10 Å². The fourth-order valence-electron chi connectivity index (χ4n) is 3.68. The number of nitrogens with zero attached hydrogens (tertiary/aromatic N) is 2. The highest BCUT2D eigenvalue weighted by atomic mass is 35.5. The summed E-state index contributed by atoms with van der Waals surface area (Å²) < 4.78 is 16.4. The van der Waals surface area contributed by atoms with Crippen molar-refractivity contribution >= 4 is 35.8 Å². The number of halogens is 1. The Bertz CT molecular complexity index is 902. The Morgan fingerprint density at radius 3 is 2.25 bits per heavy atom. The number of aliphatic hydroxyl groups excluding tert-OH is 1. The molecule has 1 N–H and O–H groups in total. The molecule has 0 aliphatic carbocycles. The first-order valence-corrected chi connectivity index (χ1v) is 11.0. The molecule has 176 valence electrons. The van der Waals surface area contributed by atoms with Crippen molar-refractivity contribution in [1.29, 1.82) is 0 Å². The topological polar surface area (TPSA) is 71.5 Å². The van der Waals surface area contributed by atoms with Gasteiger partial charge in [-0.1, -0.05) is 12.1 Å². The molecule has 0 saturated carbocycles. The molecular weight excluding hydrogens is 452 g/mol. The molecular formula is C23H31ClN2O5S. The van der Waals surface area contributed by atoms with Crippen LogP contribution in [0.2, 0.25) is 0 Å². The first kappa shape index (κ1) is 26.1. The van der Waals surface area contributed by atoms with Gasteiger partial charge < -0.3 is 29.1 Å². The summed E-state index contributed by atoms with van der Waals surface area (Å²) in [4.78, 5) is 18.1. The summed E-state index contributed by atoms with van der Waals surface area (Å²) in [5.41, 5.74) is 1.55. The van der Waals surface area contributed by atoms with Crippen LogP contribution in [0.3, 0.4) is 0 Å². The summed E-state index contributed by atoms with van der Waals surface area (Å²) >= 11 is 1.46. The molecule has 1 heterocycles. The van der Waals surface area contributed by atoms with E-state index in [1.165, 1.54) is 11.8 Å². The second-order valence-corrected chi connectivity index (χ2v) is 8.74. The minimum atomic E-state index is -1.22. The van der Waals surface area contributed by atoms with E-state index in [2.05, 4.69) is 4.90 Å². The Balaban J connectivity index is 0.00000363. The maximum atomic E-state index is 13.4. The minimum Gasteiger partial charge on any atom is -0.493 e. The van der Waals surface area contributed by atoms with Crippen molar-refractivity contribution < 1.29 is 24.1 Å². The van der Waals surface area contributed by atoms with Gasteiger partial charge in [-0.3, -0.25) is 4.79 Å². The maximum Gasteiger partial charge on any atom is 0.257 e. The van der Waals surface area contributed by atoms with Gasteiger partial charge in [-0.25, -0.2) is 0 Å². The number of rotatable bonds is 8. The van der Waals surface area contributed by atoms with Gasteiger partial charge in [0.2, 0.25) is 5.75 Å². The Labute approximate surface area is 200 Å². The van der Waals surface area contributed by atoms with E-state index in [9.17, 15) is 9.90 Å². The van der Waals surface area contributed by atoms with Gasteiger partial charge in [-0.05, 0) is 56.9 Å². The van der Waals surface area contributed by atoms with Crippen LogP contribution < -0.4 is 19.1 Å². The molecule has 2 aromatic rings. The van der Waals surface area contributed by atoms with Crippen molar-refractivity contribution in [3.63, 3.8) is 0 Å². The van der Waals surface area contributed by atoms with Gasteiger partial charge in [0.25, 0.3) is 5.91 Å². The van der Waals surface area contributed by atoms with Crippen LogP contribution in [0, 0.1) is 0 Å². The van der Waals surface area contributed by atoms with E-state index in [0.717, 1.165) is 29.1 Å². The molecule has 0 radical (unpaired) electrons. The molecule has 0 aromatic heterocycles. The zero-order chi connectivity index (χ0) is 22.5. The lowest BCUT2D eigenvalue weighted by atomic mass is 10.0. The number of methoxy groups -OCH3 is 3. The highest BCUT2D eigenvalue weighted by molar-refractivity contribution is 7.99. The quantitative estimate of drug-likeness (QED) is 0.616. The third-order valence-corrected chi connectivity index (χ3v) is 6.60. The highest BCUT2D eigenvalue weighted by Crippen LogP contribution is 2.49. The van der Waals surface area contributed by atoms with Crippen molar-refractivity contribution in [2.45, 2.75) is 22.7 Å². The second-order valence-electron chi connectivity index (χ2n) is 7.56. The van der Waals surface area contributed by atoms with Gasteiger partial charge in [0.15, 0.2) is 11.5 Å². The molecule has 1 amide bonds. The van der Waals surface area contributed by atoms with E-state index in [1.807, 2.05) is 38.4 Å². The number of amides is 1. The number of aliphatic hydroxyl groups is 1. The molecule has 0 saturated heterocycles. The van der Waals surface area contributed by atoms with Crippen LogP contribution >= 0.6 is 24.2 Å². The second kappa shape index (κ2) is 11.7. The average molecular weight is 483 g/mol. The average Bonchev–Trinajstić information content (AvgIpc) is 2.88. The van der Waals surface area contributed by atoms with Gasteiger partial charge in [0.05, 0.1) is 32.3 Å². The largest absolute Gasteiger partial charge is 0.493 e. The van der Waals surface area contributed by atoms with E-state index >= 15 is 0 Å². The first-order chi connectivity index (χ1) is 14.9. The van der Waals surface area contributed by atoms with Crippen molar-refractivity contribution in [2.75, 3.05) is 53.4 Å². The normalized spacial score (nSPS) is 18.0. The van der Waals surface area contributed by atoms with Gasteiger partial charge >= 0.3 is 0 Å². The van der Waals surface area contributed by atoms with Crippen LogP contribution in [0.4, 0.5) is 5.69 Å². The van der Waals surface area contributed by atoms with Gasteiger partial charge in [-0.2, -0.15) is 0 Å². The lowest BCUT2D eigenvalue weighted by molar-refractivity contribution is -0.126. The molecule has 1 aliphatic heterocycles. The molecule has 2 unspecified atom stereocenters. The number of carbonyl (C=O) groups is 1. The predicted octanol–water partition coefficient (Wildman–Crippen LogP) is 3.63. The van der Waals surface area contributed by atoms with Gasteiger partial charge in [0, 0.05) is 11.4 Å². The summed E-state index contributed by atoms with van der Waals surface area (Å²) in [6, 6.07) is 11.4. The third kappa shape index (κ3) is 5.43. The summed E-state index contributed by atoms with van der Waals surface area (Å²) in [5, 5.41) is 10.6. The molecule has 7 nitrogen and oxygen atoms in total. The molecule has 0 spiro atoms. The van der Waals surface area contributed by atoms with Crippen LogP contribution in [-0.4, -0.2) is 70.5 Å². The standard InChI is InChI=1S/C23H30N2O5S.ClH/c1-24(2)11-8-12-25-16-9-6-7-10-19(16)31-22(20(26)23(25)27)15-13-17(28-3)21(30-5)18(14-15)29-4;/h6-7,9-10,13-14,20,22,26H,8,11-12H2,1-5H3;1H. The van der Waals surface area contributed by atoms with Crippen LogP contribution in [0.15, 0.2) is 41.3 Å². The molecule has 0 bridgehead atoms. The van der Waals surface area contributed by atoms with Gasteiger partial charge in [-0.15, -0.1) is 24.2 Å². The Morgan fingerprint density at radius 1 is 1.06 bits per heavy atom. The number of thioether (sulfide) groups is 1. The number of ether oxygens (including phenoxy) is 3. The fourth-order valence-corrected chi connectivity index (χ4v) is 4.93. The fraction of sp³-hybridized carbons (Fsp3) is 0.435. The highest BCUT2D eigenvalue weighted by Gasteiger charge is 2.37. The molecule has 1 aliphatic rings. The minimum absolute atomic E-state index is 0. The summed E-state index contributed by atoms with van der Waals surface area (Å²) in [7, 11) is 8.64. The SMILES string of the molecule is COc1cc(C2Sc3ccccc3N(CCCN(C)C)C(=O)C2O)cc(OC)c1OC.Cl. The summed E-state index contributed by atoms with van der Waals surface area (Å²) in [6.07, 6.45) is -0.418. The van der Waals surface area contributed by atoms with E-state index in [0.29, 0.717) is 23.8 Å². The van der Waals surface area contributed by atoms with Crippen LogP contribution in [0.5, 0.6) is 17.2 Å². The number of benzene rings is 2. The van der Waals surface area contributed by atoms with Crippen molar-refractivity contribution in [1.82, 2.24) is 4.90 Å². The molecule has 2 atom stereocenters. The monoisotopic (exact) mass is 482 g/mol. The van der Waals surface area contributed by atoms with Crippen LogP contribution in [0.1, 0.15) is 17.2 Å². The third-order valence-electron chi connectivity index (χ3n) is 5.22. The molecule has 32 heavy (non-hydrogen) atoms. The van der Waals surface area contributed by atoms with Crippen molar-refractivity contribution in [3.8, 4) is 17.2 Å². The van der Waals surface area contributed by atoms with E-state index < -0.39 is 11.4 Å². The maximum absolute atomic E-state index is 13.4. The van der Waals surface area contributed by atoms with Crippen molar-refractivity contribution in [3.05, 3.63) is 42.0 Å². The first-order valence-electron chi connectivity index (χ1n) is 10.1. The van der Waals surface area contributed by atoms with E-state index in [1.54, 1.807) is 38.4 Å². The molecule has 0 fully saturated rings. The zero-order valence-electron chi connectivity index (χ0n) is 19.0. The van der Waals surface area contributed by atoms with Crippen LogP contribution in [0.25, 0.3) is 0 Å². The Hall–Kier alpha value is -2.13. The smallest absolute Gasteiger partial charge is 0.257 e. The van der Waals surface area contributed by atoms with E-state index in [-0.39, 0.29) is 18.3 Å². The molecule has 2 aromatic carbocycles. The number of para-hydroxylation sites is 1. The number of fused-ring (bicyclic) bond motifs is 1. The van der Waals surface area contributed by atoms with E-state index in [4.69, 9.17) is 14.2 Å². The predicted molar refractivity (Wildman–Crippen MR) is 130 cm³/mol. The number of hydrogen-bond donors (Lipinski definition) is 1. The number of hydrogen-bond acceptors (Lipinski definition) is 7. The molecule has 3 rings (SSSR count). The lowest BCUT2D eigenvalue weighted by Crippen LogP contribution is -2.41. The molecule has 9 heteroatoms. The summed E-state index contributed by atoms with van der Waals surface area (Å²) in [6.45, 7) is 1.39. The van der Waals surface area contributed by atoms with Crippen LogP contribution in [-0.2, 0) is 4.79 Å². The summed E-state index contributed by atoms with van der Waals surface area (Å²) in [5.74, 6) is 1.13.